The fraction of sp³-hybridized carbons (Fsp3) is 0.333. The van der Waals surface area contributed by atoms with Gasteiger partial charge in [0.25, 0.3) is 0 Å². The van der Waals surface area contributed by atoms with Crippen molar-refractivity contribution in [1.82, 2.24) is 9.55 Å². The predicted molar refractivity (Wildman–Crippen MR) is 73.0 cm³/mol. The van der Waals surface area contributed by atoms with Gasteiger partial charge in [0, 0.05) is 28.9 Å². The molecule has 0 bridgehead atoms. The number of carbonyl (C=O) groups is 1. The van der Waals surface area contributed by atoms with E-state index in [1.54, 1.807) is 25.3 Å². The molecule has 7 heteroatoms. The molecule has 2 N–H and O–H groups in total. The first-order valence-corrected chi connectivity index (χ1v) is 7.31. The minimum atomic E-state index is -1.09. The van der Waals surface area contributed by atoms with Crippen molar-refractivity contribution in [3.8, 4) is 0 Å². The van der Waals surface area contributed by atoms with Gasteiger partial charge in [-0.1, -0.05) is 6.07 Å². The van der Waals surface area contributed by atoms with Crippen molar-refractivity contribution in [1.29, 1.82) is 0 Å². The predicted octanol–water partition coefficient (Wildman–Crippen LogP) is 0.795. The second kappa shape index (κ2) is 5.00. The van der Waals surface area contributed by atoms with Crippen molar-refractivity contribution in [2.45, 2.75) is 18.7 Å². The van der Waals surface area contributed by atoms with Crippen LogP contribution in [0.5, 0.6) is 0 Å². The molecular formula is C12H14N2O4S. The van der Waals surface area contributed by atoms with E-state index >= 15 is 0 Å². The smallest absolute Gasteiger partial charge is 0.337 e. The van der Waals surface area contributed by atoms with Gasteiger partial charge in [0.2, 0.25) is 0 Å². The number of hydrogen-bond donors (Lipinski definition) is 2. The van der Waals surface area contributed by atoms with E-state index < -0.39 is 16.8 Å². The minimum absolute atomic E-state index is 0.0601. The van der Waals surface area contributed by atoms with E-state index in [2.05, 4.69) is 4.98 Å². The van der Waals surface area contributed by atoms with Gasteiger partial charge in [0.15, 0.2) is 0 Å². The van der Waals surface area contributed by atoms with Crippen LogP contribution < -0.4 is 5.69 Å². The molecule has 2 atom stereocenters. The Morgan fingerprint density at radius 1 is 1.53 bits per heavy atom. The average Bonchev–Trinajstić information content (AvgIpc) is 2.65. The first-order chi connectivity index (χ1) is 8.91. The van der Waals surface area contributed by atoms with Gasteiger partial charge >= 0.3 is 11.7 Å². The Morgan fingerprint density at radius 2 is 2.21 bits per heavy atom. The molecule has 102 valence electrons. The summed E-state index contributed by atoms with van der Waals surface area (Å²) in [4.78, 5) is 25.7. The summed E-state index contributed by atoms with van der Waals surface area (Å²) < 4.78 is 12.7. The molecule has 0 amide bonds. The molecule has 19 heavy (non-hydrogen) atoms. The van der Waals surface area contributed by atoms with E-state index in [0.29, 0.717) is 11.0 Å². The van der Waals surface area contributed by atoms with E-state index in [-0.39, 0.29) is 23.0 Å². The number of aromatic nitrogens is 2. The molecule has 2 rings (SSSR count). The number of hydrogen-bond acceptors (Lipinski definition) is 3. The summed E-state index contributed by atoms with van der Waals surface area (Å²) in [6.07, 6.45) is 1.56. The Morgan fingerprint density at radius 3 is 2.79 bits per heavy atom. The molecule has 0 aliphatic heterocycles. The molecule has 0 aliphatic carbocycles. The number of nitrogens with zero attached hydrogens (tertiary/aromatic N) is 1. The summed E-state index contributed by atoms with van der Waals surface area (Å²) in [5, 5.41) is 8.93. The molecule has 2 unspecified atom stereocenters. The second-order valence-corrected chi connectivity index (χ2v) is 6.16. The van der Waals surface area contributed by atoms with Crippen molar-refractivity contribution < 1.29 is 14.1 Å². The molecule has 1 aromatic carbocycles. The lowest BCUT2D eigenvalue weighted by atomic mass is 10.2. The van der Waals surface area contributed by atoms with Crippen molar-refractivity contribution in [3.05, 3.63) is 34.2 Å². The Kier molecular flexibility index (Phi) is 3.57. The van der Waals surface area contributed by atoms with Gasteiger partial charge in [-0.2, -0.15) is 0 Å². The SMILES string of the molecule is CC(Cn1c(=O)[nH]c2cccc(C(=O)O)c21)S(C)=O. The van der Waals surface area contributed by atoms with E-state index in [1.165, 1.54) is 10.6 Å². The summed E-state index contributed by atoms with van der Waals surface area (Å²) in [7, 11) is -1.08. The molecular weight excluding hydrogens is 268 g/mol. The number of carboxylic acid groups (broad SMARTS) is 1. The Hall–Kier alpha value is -1.89. The van der Waals surface area contributed by atoms with Crippen LogP contribution in [0.25, 0.3) is 11.0 Å². The highest BCUT2D eigenvalue weighted by Crippen LogP contribution is 2.16. The van der Waals surface area contributed by atoms with Crippen LogP contribution in [0.3, 0.4) is 0 Å². The summed E-state index contributed by atoms with van der Waals surface area (Å²) in [5.74, 6) is -1.09. The van der Waals surface area contributed by atoms with Crippen LogP contribution in [0, 0.1) is 0 Å². The number of imidazole rings is 1. The number of nitrogens with one attached hydrogen (secondary N) is 1. The van der Waals surface area contributed by atoms with Crippen molar-refractivity contribution in [2.24, 2.45) is 0 Å². The fourth-order valence-corrected chi connectivity index (χ4v) is 2.29. The monoisotopic (exact) mass is 282 g/mol. The molecule has 1 aromatic heterocycles. The number of fused-ring (bicyclic) bond motifs is 1. The van der Waals surface area contributed by atoms with Crippen LogP contribution in [-0.4, -0.2) is 36.3 Å². The third-order valence-electron chi connectivity index (χ3n) is 3.03. The van der Waals surface area contributed by atoms with Gasteiger partial charge in [-0.25, -0.2) is 9.59 Å². The van der Waals surface area contributed by atoms with E-state index in [4.69, 9.17) is 0 Å². The molecule has 0 fully saturated rings. The zero-order chi connectivity index (χ0) is 14.2. The quantitative estimate of drug-likeness (QED) is 0.867. The molecule has 6 nitrogen and oxygen atoms in total. The number of H-pyrrole nitrogens is 1. The number of benzene rings is 1. The summed E-state index contributed by atoms with van der Waals surface area (Å²) in [6, 6.07) is 4.67. The molecule has 0 radical (unpaired) electrons. The van der Waals surface area contributed by atoms with Crippen LogP contribution in [0.2, 0.25) is 0 Å². The summed E-state index contributed by atoms with van der Waals surface area (Å²) >= 11 is 0. The fourth-order valence-electron chi connectivity index (χ4n) is 1.93. The highest BCUT2D eigenvalue weighted by Gasteiger charge is 2.17. The lowest BCUT2D eigenvalue weighted by molar-refractivity contribution is 0.0698. The topological polar surface area (TPSA) is 92.2 Å². The standard InChI is InChI=1S/C12H14N2O4S/c1-7(19(2)18)6-14-10-8(11(15)16)4-3-5-9(10)13-12(14)17/h3-5,7H,6H2,1-2H3,(H,13,17)(H,15,16). The lowest BCUT2D eigenvalue weighted by Crippen LogP contribution is -2.25. The molecule has 0 saturated carbocycles. The molecule has 0 saturated heterocycles. The lowest BCUT2D eigenvalue weighted by Gasteiger charge is -2.10. The number of aromatic carboxylic acids is 1. The van der Waals surface area contributed by atoms with Crippen LogP contribution in [0.1, 0.15) is 17.3 Å². The first-order valence-electron chi connectivity index (χ1n) is 5.69. The maximum atomic E-state index is 11.9. The second-order valence-electron chi connectivity index (χ2n) is 4.36. The van der Waals surface area contributed by atoms with Gasteiger partial charge in [0.1, 0.15) is 0 Å². The highest BCUT2D eigenvalue weighted by atomic mass is 32.2. The normalized spacial score (nSPS) is 14.4. The number of carboxylic acids is 1. The zero-order valence-corrected chi connectivity index (χ0v) is 11.4. The third kappa shape index (κ3) is 2.46. The number of rotatable bonds is 4. The molecule has 0 spiro atoms. The van der Waals surface area contributed by atoms with Crippen molar-refractivity contribution >= 4 is 27.8 Å². The van der Waals surface area contributed by atoms with Gasteiger partial charge < -0.3 is 10.1 Å². The average molecular weight is 282 g/mol. The maximum Gasteiger partial charge on any atom is 0.337 e. The number of para-hydroxylation sites is 1. The van der Waals surface area contributed by atoms with Gasteiger partial charge in [0.05, 0.1) is 16.6 Å². The minimum Gasteiger partial charge on any atom is -0.478 e. The first kappa shape index (κ1) is 13.5. The third-order valence-corrected chi connectivity index (χ3v) is 4.31. The van der Waals surface area contributed by atoms with Gasteiger partial charge in [-0.3, -0.25) is 8.78 Å². The zero-order valence-electron chi connectivity index (χ0n) is 10.5. The van der Waals surface area contributed by atoms with E-state index in [1.807, 2.05) is 0 Å². The molecule has 0 aliphatic rings. The highest BCUT2D eigenvalue weighted by molar-refractivity contribution is 7.84. The van der Waals surface area contributed by atoms with E-state index in [9.17, 15) is 18.9 Å². The van der Waals surface area contributed by atoms with Gasteiger partial charge in [-0.05, 0) is 19.1 Å². The number of aromatic amines is 1. The van der Waals surface area contributed by atoms with Gasteiger partial charge in [-0.15, -0.1) is 0 Å². The van der Waals surface area contributed by atoms with Crippen molar-refractivity contribution in [2.75, 3.05) is 6.26 Å². The van der Waals surface area contributed by atoms with Crippen LogP contribution in [0.15, 0.2) is 23.0 Å². The summed E-state index contributed by atoms with van der Waals surface area (Å²) in [6.45, 7) is 1.97. The molecule has 2 aromatic rings. The maximum absolute atomic E-state index is 11.9. The largest absolute Gasteiger partial charge is 0.478 e. The summed E-state index contributed by atoms with van der Waals surface area (Å²) in [5.41, 5.74) is 0.488. The van der Waals surface area contributed by atoms with Crippen molar-refractivity contribution in [3.63, 3.8) is 0 Å². The van der Waals surface area contributed by atoms with Crippen LogP contribution >= 0.6 is 0 Å². The Labute approximate surface area is 111 Å². The molecule has 1 heterocycles. The van der Waals surface area contributed by atoms with Crippen LogP contribution in [-0.2, 0) is 17.3 Å². The Balaban J connectivity index is 2.66. The van der Waals surface area contributed by atoms with E-state index in [0.717, 1.165) is 0 Å². The van der Waals surface area contributed by atoms with Crippen LogP contribution in [0.4, 0.5) is 0 Å². The Bertz CT molecular complexity index is 716.